The Morgan fingerprint density at radius 3 is 2.00 bits per heavy atom. The average Bonchev–Trinajstić information content (AvgIpc) is 2.59. The van der Waals surface area contributed by atoms with E-state index in [9.17, 15) is 9.59 Å². The minimum Gasteiger partial charge on any atom is -0.465 e. The molecule has 120 valence electrons. The second-order valence-electron chi connectivity index (χ2n) is 4.73. The third-order valence-corrected chi connectivity index (χ3v) is 3.65. The van der Waals surface area contributed by atoms with Crippen molar-refractivity contribution in [3.8, 4) is 11.4 Å². The maximum atomic E-state index is 11.8. The molecule has 0 radical (unpaired) electrons. The van der Waals surface area contributed by atoms with E-state index in [1.807, 2.05) is 0 Å². The first-order chi connectivity index (χ1) is 11.0. The lowest BCUT2D eigenvalue weighted by Crippen LogP contribution is -2.06. The largest absolute Gasteiger partial charge is 0.465 e. The molecule has 2 aromatic heterocycles. The second-order valence-corrected chi connectivity index (χ2v) is 5.29. The van der Waals surface area contributed by atoms with Crippen molar-refractivity contribution in [2.24, 2.45) is 0 Å². The highest BCUT2D eigenvalue weighted by atomic mass is 79.9. The Hall–Kier alpha value is -2.28. The van der Waals surface area contributed by atoms with Crippen LogP contribution in [0.5, 0.6) is 0 Å². The van der Waals surface area contributed by atoms with Crippen LogP contribution in [-0.4, -0.2) is 36.1 Å². The second kappa shape index (κ2) is 7.32. The van der Waals surface area contributed by atoms with Crippen LogP contribution in [0, 0.1) is 6.92 Å². The van der Waals surface area contributed by atoms with Crippen LogP contribution in [0.4, 0.5) is 0 Å². The molecule has 0 aliphatic carbocycles. The lowest BCUT2D eigenvalue weighted by atomic mass is 10.1. The van der Waals surface area contributed by atoms with E-state index in [0.717, 1.165) is 0 Å². The van der Waals surface area contributed by atoms with E-state index < -0.39 is 11.9 Å². The van der Waals surface area contributed by atoms with Crippen molar-refractivity contribution in [1.82, 2.24) is 9.97 Å². The lowest BCUT2D eigenvalue weighted by Gasteiger charge is -2.08. The van der Waals surface area contributed by atoms with Gasteiger partial charge in [-0.2, -0.15) is 0 Å². The average molecular weight is 379 g/mol. The number of ether oxygens (including phenoxy) is 2. The Kier molecular flexibility index (Phi) is 5.44. The summed E-state index contributed by atoms with van der Waals surface area (Å²) in [5, 5.41) is 0.473. The van der Waals surface area contributed by atoms with Crippen molar-refractivity contribution < 1.29 is 19.1 Å². The molecule has 0 spiro atoms. The fourth-order valence-corrected chi connectivity index (χ4v) is 2.35. The van der Waals surface area contributed by atoms with Gasteiger partial charge in [0.05, 0.1) is 42.4 Å². The quantitative estimate of drug-likeness (QED) is 0.601. The molecule has 2 heterocycles. The molecule has 0 saturated carbocycles. The summed E-state index contributed by atoms with van der Waals surface area (Å²) in [5.41, 5.74) is 3.02. The number of carbonyl (C=O) groups is 2. The number of esters is 2. The summed E-state index contributed by atoms with van der Waals surface area (Å²) in [6.07, 6.45) is 0. The standard InChI is InChI=1S/C16H15BrN2O4/c1-9-4-10(15(20)22-2)6-13(18-9)14-7-11(16(21)23-3)5-12(8-17)19-14/h4-7H,8H2,1-3H3. The van der Waals surface area contributed by atoms with Crippen LogP contribution in [0.3, 0.4) is 0 Å². The van der Waals surface area contributed by atoms with Crippen LogP contribution in [0.2, 0.25) is 0 Å². The van der Waals surface area contributed by atoms with Gasteiger partial charge in [0.2, 0.25) is 0 Å². The Bertz CT molecular complexity index is 762. The molecule has 0 amide bonds. The molecule has 0 fully saturated rings. The summed E-state index contributed by atoms with van der Waals surface area (Å²) < 4.78 is 9.49. The van der Waals surface area contributed by atoms with Gasteiger partial charge in [-0.05, 0) is 31.2 Å². The number of aryl methyl sites for hydroxylation is 1. The first-order valence-electron chi connectivity index (χ1n) is 6.71. The molecule has 7 heteroatoms. The van der Waals surface area contributed by atoms with E-state index in [4.69, 9.17) is 9.47 Å². The number of nitrogens with zero attached hydrogens (tertiary/aromatic N) is 2. The van der Waals surface area contributed by atoms with E-state index in [1.54, 1.807) is 31.2 Å². The minimum atomic E-state index is -0.461. The topological polar surface area (TPSA) is 78.4 Å². The van der Waals surface area contributed by atoms with Crippen molar-refractivity contribution in [3.63, 3.8) is 0 Å². The first kappa shape index (κ1) is 17.1. The molecule has 2 aromatic rings. The van der Waals surface area contributed by atoms with E-state index in [1.165, 1.54) is 14.2 Å². The summed E-state index contributed by atoms with van der Waals surface area (Å²) in [5.74, 6) is -0.918. The van der Waals surface area contributed by atoms with Crippen LogP contribution >= 0.6 is 15.9 Å². The molecule has 0 aromatic carbocycles. The van der Waals surface area contributed by atoms with Crippen molar-refractivity contribution in [3.05, 3.63) is 46.8 Å². The number of halogens is 1. The summed E-state index contributed by atoms with van der Waals surface area (Å²) in [6, 6.07) is 6.44. The van der Waals surface area contributed by atoms with Gasteiger partial charge < -0.3 is 9.47 Å². The summed E-state index contributed by atoms with van der Waals surface area (Å²) >= 11 is 3.32. The third-order valence-electron chi connectivity index (χ3n) is 3.07. The molecule has 6 nitrogen and oxygen atoms in total. The molecule has 0 atom stereocenters. The van der Waals surface area contributed by atoms with Gasteiger partial charge in [0.15, 0.2) is 0 Å². The Balaban J connectivity index is 2.59. The molecule has 2 rings (SSSR count). The highest BCUT2D eigenvalue weighted by Gasteiger charge is 2.14. The van der Waals surface area contributed by atoms with Crippen LogP contribution in [0.1, 0.15) is 32.1 Å². The van der Waals surface area contributed by atoms with Gasteiger partial charge in [0.25, 0.3) is 0 Å². The zero-order valence-corrected chi connectivity index (χ0v) is 14.5. The van der Waals surface area contributed by atoms with Gasteiger partial charge in [0, 0.05) is 11.0 Å². The SMILES string of the molecule is COC(=O)c1cc(C)nc(-c2cc(C(=O)OC)cc(CBr)n2)c1. The Morgan fingerprint density at radius 2 is 1.48 bits per heavy atom. The van der Waals surface area contributed by atoms with Gasteiger partial charge in [-0.3, -0.25) is 9.97 Å². The molecule has 0 N–H and O–H groups in total. The fraction of sp³-hybridized carbons (Fsp3) is 0.250. The number of carbonyl (C=O) groups excluding carboxylic acids is 2. The van der Waals surface area contributed by atoms with Crippen LogP contribution in [0.15, 0.2) is 24.3 Å². The molecule has 23 heavy (non-hydrogen) atoms. The normalized spacial score (nSPS) is 10.3. The molecular formula is C16H15BrN2O4. The molecule has 0 aliphatic heterocycles. The molecule has 0 saturated heterocycles. The number of rotatable bonds is 4. The maximum Gasteiger partial charge on any atom is 0.337 e. The minimum absolute atomic E-state index is 0.370. The van der Waals surface area contributed by atoms with Crippen molar-refractivity contribution in [2.45, 2.75) is 12.3 Å². The predicted octanol–water partition coefficient (Wildman–Crippen LogP) is 2.92. The summed E-state index contributed by atoms with van der Waals surface area (Å²) in [6.45, 7) is 1.77. The fourth-order valence-electron chi connectivity index (χ4n) is 2.06. The number of methoxy groups -OCH3 is 2. The van der Waals surface area contributed by atoms with E-state index in [-0.39, 0.29) is 0 Å². The summed E-state index contributed by atoms with van der Waals surface area (Å²) in [7, 11) is 2.63. The highest BCUT2D eigenvalue weighted by molar-refractivity contribution is 9.08. The van der Waals surface area contributed by atoms with Gasteiger partial charge >= 0.3 is 11.9 Å². The van der Waals surface area contributed by atoms with E-state index >= 15 is 0 Å². The monoisotopic (exact) mass is 378 g/mol. The first-order valence-corrected chi connectivity index (χ1v) is 7.83. The van der Waals surface area contributed by atoms with Crippen molar-refractivity contribution in [2.75, 3.05) is 14.2 Å². The maximum absolute atomic E-state index is 11.8. The van der Waals surface area contributed by atoms with Gasteiger partial charge in [0.1, 0.15) is 0 Å². The zero-order valence-electron chi connectivity index (χ0n) is 12.9. The molecular weight excluding hydrogens is 364 g/mol. The number of hydrogen-bond donors (Lipinski definition) is 0. The lowest BCUT2D eigenvalue weighted by molar-refractivity contribution is 0.0591. The Morgan fingerprint density at radius 1 is 0.957 bits per heavy atom. The van der Waals surface area contributed by atoms with E-state index in [2.05, 4.69) is 25.9 Å². The van der Waals surface area contributed by atoms with Crippen molar-refractivity contribution >= 4 is 27.9 Å². The molecule has 0 bridgehead atoms. The highest BCUT2D eigenvalue weighted by Crippen LogP contribution is 2.21. The van der Waals surface area contributed by atoms with Gasteiger partial charge in [-0.15, -0.1) is 0 Å². The number of alkyl halides is 1. The van der Waals surface area contributed by atoms with Crippen molar-refractivity contribution in [1.29, 1.82) is 0 Å². The zero-order chi connectivity index (χ0) is 17.0. The number of aromatic nitrogens is 2. The molecule has 0 unspecified atom stereocenters. The Labute approximate surface area is 142 Å². The number of pyridine rings is 2. The number of hydrogen-bond acceptors (Lipinski definition) is 6. The predicted molar refractivity (Wildman–Crippen MR) is 87.5 cm³/mol. The van der Waals surface area contributed by atoms with Crippen LogP contribution in [-0.2, 0) is 14.8 Å². The van der Waals surface area contributed by atoms with Gasteiger partial charge in [-0.25, -0.2) is 9.59 Å². The van der Waals surface area contributed by atoms with Crippen LogP contribution in [0.25, 0.3) is 11.4 Å². The third kappa shape index (κ3) is 3.92. The van der Waals surface area contributed by atoms with E-state index in [0.29, 0.717) is 39.2 Å². The smallest absolute Gasteiger partial charge is 0.337 e. The van der Waals surface area contributed by atoms with Crippen LogP contribution < -0.4 is 0 Å². The van der Waals surface area contributed by atoms with Gasteiger partial charge in [-0.1, -0.05) is 15.9 Å². The molecule has 0 aliphatic rings. The summed E-state index contributed by atoms with van der Waals surface area (Å²) in [4.78, 5) is 32.4.